The molecule has 2 nitrogen and oxygen atoms in total. The van der Waals surface area contributed by atoms with Gasteiger partial charge in [-0.25, -0.2) is 0 Å². The van der Waals surface area contributed by atoms with Gasteiger partial charge in [0.05, 0.1) is 5.54 Å². The lowest BCUT2D eigenvalue weighted by atomic mass is 9.91. The van der Waals surface area contributed by atoms with E-state index in [-0.39, 0.29) is 5.54 Å². The van der Waals surface area contributed by atoms with Crippen LogP contribution in [0.2, 0.25) is 0 Å². The van der Waals surface area contributed by atoms with E-state index in [1.54, 1.807) is 0 Å². The van der Waals surface area contributed by atoms with Crippen LogP contribution < -0.4 is 9.80 Å². The maximum absolute atomic E-state index is 2.57. The normalized spacial score (nSPS) is 30.4. The number of fused-ring (bicyclic) bond motifs is 2. The summed E-state index contributed by atoms with van der Waals surface area (Å²) in [7, 11) is 2.24. The highest BCUT2D eigenvalue weighted by Gasteiger charge is 2.63. The topological polar surface area (TPSA) is 6.25 Å². The van der Waals surface area contributed by atoms with Crippen molar-refractivity contribution in [2.45, 2.75) is 37.9 Å². The van der Waals surface area contributed by atoms with Crippen LogP contribution in [0, 0.1) is 0 Å². The predicted octanol–water partition coefficient (Wildman–Crippen LogP) is 4.24. The van der Waals surface area contributed by atoms with E-state index in [4.69, 9.17) is 0 Å². The van der Waals surface area contributed by atoms with Crippen molar-refractivity contribution >= 4 is 11.4 Å². The van der Waals surface area contributed by atoms with Gasteiger partial charge in [-0.3, -0.25) is 0 Å². The van der Waals surface area contributed by atoms with Crippen LogP contribution in [0.15, 0.2) is 54.6 Å². The number of likely N-dealkylation sites (N-methyl/N-ethyl adjacent to an activating group) is 1. The van der Waals surface area contributed by atoms with Crippen LogP contribution in [0.25, 0.3) is 0 Å². The predicted molar refractivity (Wildman–Crippen MR) is 89.0 cm³/mol. The molecule has 108 valence electrons. The minimum Gasteiger partial charge on any atom is -0.352 e. The quantitative estimate of drug-likeness (QED) is 0.720. The lowest BCUT2D eigenvalue weighted by molar-refractivity contribution is 0.557. The van der Waals surface area contributed by atoms with Crippen molar-refractivity contribution in [1.29, 1.82) is 0 Å². The van der Waals surface area contributed by atoms with Gasteiger partial charge in [-0.05, 0) is 43.0 Å². The van der Waals surface area contributed by atoms with Gasteiger partial charge in [0.1, 0.15) is 6.17 Å². The Labute approximate surface area is 127 Å². The minimum absolute atomic E-state index is 0.231. The van der Waals surface area contributed by atoms with Gasteiger partial charge < -0.3 is 9.80 Å². The molecule has 0 aliphatic carbocycles. The van der Waals surface area contributed by atoms with E-state index in [1.165, 1.54) is 23.4 Å². The molecule has 3 atom stereocenters. The van der Waals surface area contributed by atoms with E-state index in [1.807, 2.05) is 0 Å². The van der Waals surface area contributed by atoms with Crippen LogP contribution in [0.5, 0.6) is 0 Å². The fourth-order valence-corrected chi connectivity index (χ4v) is 4.32. The van der Waals surface area contributed by atoms with Crippen molar-refractivity contribution in [3.63, 3.8) is 0 Å². The van der Waals surface area contributed by atoms with Crippen molar-refractivity contribution < 1.29 is 0 Å². The molecule has 2 aliphatic heterocycles. The Bertz CT molecular complexity index is 666. The summed E-state index contributed by atoms with van der Waals surface area (Å²) in [6, 6.07) is 19.7. The molecule has 0 radical (unpaired) electrons. The van der Waals surface area contributed by atoms with Crippen molar-refractivity contribution in [2.75, 3.05) is 16.8 Å². The molecule has 2 aliphatic rings. The number of para-hydroxylation sites is 2. The highest BCUT2D eigenvalue weighted by molar-refractivity contribution is 5.69. The molecule has 0 saturated carbocycles. The lowest BCUT2D eigenvalue weighted by Gasteiger charge is -2.24. The van der Waals surface area contributed by atoms with E-state index in [9.17, 15) is 0 Å². The molecule has 21 heavy (non-hydrogen) atoms. The second kappa shape index (κ2) is 4.27. The molecular formula is C19H22N2. The molecule has 2 heterocycles. The van der Waals surface area contributed by atoms with Crippen LogP contribution in [-0.2, 0) is 0 Å². The Morgan fingerprint density at radius 3 is 2.43 bits per heavy atom. The Hall–Kier alpha value is -1.96. The second-order valence-corrected chi connectivity index (χ2v) is 6.71. The fraction of sp³-hybridized carbons (Fsp3) is 0.368. The monoisotopic (exact) mass is 278 g/mol. The van der Waals surface area contributed by atoms with Gasteiger partial charge in [-0.1, -0.05) is 43.3 Å². The van der Waals surface area contributed by atoms with Crippen LogP contribution in [0.4, 0.5) is 11.4 Å². The van der Waals surface area contributed by atoms with Gasteiger partial charge in [0.2, 0.25) is 0 Å². The van der Waals surface area contributed by atoms with Crippen LogP contribution in [-0.4, -0.2) is 18.8 Å². The van der Waals surface area contributed by atoms with Gasteiger partial charge >= 0.3 is 0 Å². The van der Waals surface area contributed by atoms with Gasteiger partial charge in [-0.2, -0.15) is 0 Å². The molecule has 0 N–H and O–H groups in total. The number of rotatable bonds is 1. The third-order valence-electron chi connectivity index (χ3n) is 5.25. The highest BCUT2D eigenvalue weighted by atomic mass is 15.5. The van der Waals surface area contributed by atoms with E-state index < -0.39 is 0 Å². The average Bonchev–Trinajstić information content (AvgIpc) is 3.13. The summed E-state index contributed by atoms with van der Waals surface area (Å²) < 4.78 is 0. The van der Waals surface area contributed by atoms with Gasteiger partial charge in [0.15, 0.2) is 0 Å². The summed E-state index contributed by atoms with van der Waals surface area (Å²) in [4.78, 5) is 5.03. The summed E-state index contributed by atoms with van der Waals surface area (Å²) in [5.74, 6) is 0.590. The van der Waals surface area contributed by atoms with Crippen molar-refractivity contribution in [3.05, 3.63) is 60.2 Å². The minimum atomic E-state index is 0.231. The SMILES string of the molecule is C[C@H]1C[C@]2(C)[C@H](N(C)c3ccccc31)N2c1ccccc1. The molecule has 0 aromatic heterocycles. The summed E-state index contributed by atoms with van der Waals surface area (Å²) in [5.41, 5.74) is 4.44. The molecule has 1 fully saturated rings. The standard InChI is InChI=1S/C19H22N2/c1-14-13-19(2)18(21(19)15-9-5-4-6-10-15)20(3)17-12-8-7-11-16(14)17/h4-12,14,18H,13H2,1-3H3/t14-,18+,19+,21?/m0/s1. The van der Waals surface area contributed by atoms with Crippen LogP contribution in [0.1, 0.15) is 31.7 Å². The molecule has 0 amide bonds. The Morgan fingerprint density at radius 1 is 1.00 bits per heavy atom. The number of nitrogens with zero attached hydrogens (tertiary/aromatic N) is 2. The molecule has 0 bridgehead atoms. The summed E-state index contributed by atoms with van der Waals surface area (Å²) >= 11 is 0. The van der Waals surface area contributed by atoms with Crippen LogP contribution >= 0.6 is 0 Å². The summed E-state index contributed by atoms with van der Waals surface area (Å²) in [6.07, 6.45) is 1.67. The Kier molecular flexibility index (Phi) is 2.59. The van der Waals surface area contributed by atoms with E-state index >= 15 is 0 Å². The Balaban J connectivity index is 1.78. The van der Waals surface area contributed by atoms with Gasteiger partial charge in [-0.15, -0.1) is 0 Å². The zero-order valence-corrected chi connectivity index (χ0v) is 13.0. The first-order valence-corrected chi connectivity index (χ1v) is 7.79. The van der Waals surface area contributed by atoms with Gasteiger partial charge in [0, 0.05) is 18.4 Å². The van der Waals surface area contributed by atoms with Crippen LogP contribution in [0.3, 0.4) is 0 Å². The average molecular weight is 278 g/mol. The number of anilines is 2. The molecule has 2 aromatic rings. The fourth-order valence-electron chi connectivity index (χ4n) is 4.32. The zero-order valence-electron chi connectivity index (χ0n) is 13.0. The summed E-state index contributed by atoms with van der Waals surface area (Å²) in [5, 5.41) is 0. The molecular weight excluding hydrogens is 256 g/mol. The molecule has 2 aromatic carbocycles. The Morgan fingerprint density at radius 2 is 1.67 bits per heavy atom. The van der Waals surface area contributed by atoms with Crippen molar-refractivity contribution in [3.8, 4) is 0 Å². The molecule has 4 rings (SSSR count). The second-order valence-electron chi connectivity index (χ2n) is 6.71. The molecule has 2 heteroatoms. The molecule has 1 saturated heterocycles. The molecule has 0 unspecified atom stereocenters. The molecule has 0 spiro atoms. The first-order valence-electron chi connectivity index (χ1n) is 7.79. The maximum atomic E-state index is 2.57. The van der Waals surface area contributed by atoms with Gasteiger partial charge in [0.25, 0.3) is 0 Å². The first-order chi connectivity index (χ1) is 10.1. The van der Waals surface area contributed by atoms with Crippen molar-refractivity contribution in [1.82, 2.24) is 0 Å². The number of hydrogen-bond acceptors (Lipinski definition) is 2. The third kappa shape index (κ3) is 1.71. The van der Waals surface area contributed by atoms with E-state index in [0.29, 0.717) is 12.1 Å². The summed E-state index contributed by atoms with van der Waals surface area (Å²) in [6.45, 7) is 4.77. The highest BCUT2D eigenvalue weighted by Crippen LogP contribution is 2.55. The maximum Gasteiger partial charge on any atom is 0.125 e. The smallest absolute Gasteiger partial charge is 0.125 e. The third-order valence-corrected chi connectivity index (χ3v) is 5.25. The largest absolute Gasteiger partial charge is 0.352 e. The zero-order chi connectivity index (χ0) is 14.6. The number of hydrogen-bond donors (Lipinski definition) is 0. The lowest BCUT2D eigenvalue weighted by Crippen LogP contribution is -2.26. The first kappa shape index (κ1) is 12.8. The van der Waals surface area contributed by atoms with E-state index in [0.717, 1.165) is 0 Å². The van der Waals surface area contributed by atoms with Crippen molar-refractivity contribution in [2.24, 2.45) is 0 Å². The van der Waals surface area contributed by atoms with E-state index in [2.05, 4.69) is 85.3 Å². The number of benzene rings is 2.